The van der Waals surface area contributed by atoms with Crippen LogP contribution in [0.1, 0.15) is 35.7 Å². The molecule has 1 aliphatic carbocycles. The number of rotatable bonds is 6. The number of carbonyl (C=O) groups is 2. The van der Waals surface area contributed by atoms with E-state index < -0.39 is 0 Å². The van der Waals surface area contributed by atoms with Crippen LogP contribution in [0, 0.1) is 5.92 Å². The molecule has 0 unspecified atom stereocenters. The molecule has 6 nitrogen and oxygen atoms in total. The molecule has 1 fully saturated rings. The molecule has 0 spiro atoms. The van der Waals surface area contributed by atoms with Gasteiger partial charge in [-0.1, -0.05) is 18.2 Å². The summed E-state index contributed by atoms with van der Waals surface area (Å²) >= 11 is 1.39. The summed E-state index contributed by atoms with van der Waals surface area (Å²) in [5.41, 5.74) is 4.49. The van der Waals surface area contributed by atoms with Crippen LogP contribution in [0.3, 0.4) is 0 Å². The number of ether oxygens (including phenoxy) is 1. The molecule has 2 heterocycles. The van der Waals surface area contributed by atoms with E-state index >= 15 is 0 Å². The van der Waals surface area contributed by atoms with Crippen molar-refractivity contribution in [1.29, 1.82) is 0 Å². The van der Waals surface area contributed by atoms with Crippen molar-refractivity contribution in [3.8, 4) is 17.0 Å². The highest BCUT2D eigenvalue weighted by atomic mass is 32.1. The third kappa shape index (κ3) is 3.93. The Balaban J connectivity index is 1.32. The average Bonchev–Trinajstić information content (AvgIpc) is 3.39. The van der Waals surface area contributed by atoms with Crippen LogP contribution in [0.15, 0.2) is 47.8 Å². The van der Waals surface area contributed by atoms with Crippen molar-refractivity contribution in [2.75, 3.05) is 23.4 Å². The second-order valence-electron chi connectivity index (χ2n) is 7.78. The van der Waals surface area contributed by atoms with Gasteiger partial charge < -0.3 is 9.64 Å². The molecule has 158 valence electrons. The Morgan fingerprint density at radius 1 is 1.23 bits per heavy atom. The Morgan fingerprint density at radius 3 is 2.87 bits per heavy atom. The second kappa shape index (κ2) is 8.15. The number of thiazole rings is 1. The van der Waals surface area contributed by atoms with Crippen molar-refractivity contribution in [2.45, 2.75) is 26.2 Å². The van der Waals surface area contributed by atoms with E-state index in [9.17, 15) is 9.59 Å². The van der Waals surface area contributed by atoms with Crippen molar-refractivity contribution in [3.63, 3.8) is 0 Å². The number of benzene rings is 2. The quantitative estimate of drug-likeness (QED) is 0.608. The maximum Gasteiger partial charge on any atom is 0.261 e. The van der Waals surface area contributed by atoms with Crippen LogP contribution in [0.2, 0.25) is 0 Å². The number of hydrogen-bond acceptors (Lipinski definition) is 5. The van der Waals surface area contributed by atoms with E-state index in [0.29, 0.717) is 23.1 Å². The number of carbonyl (C=O) groups excluding carboxylic acids is 2. The molecule has 1 saturated carbocycles. The van der Waals surface area contributed by atoms with Gasteiger partial charge in [-0.05, 0) is 56.0 Å². The first-order valence-electron chi connectivity index (χ1n) is 10.6. The minimum atomic E-state index is -0.242. The first kappa shape index (κ1) is 19.8. The van der Waals surface area contributed by atoms with Crippen LogP contribution in [0.25, 0.3) is 11.3 Å². The molecule has 3 aromatic rings. The van der Waals surface area contributed by atoms with Gasteiger partial charge in [0.05, 0.1) is 17.9 Å². The lowest BCUT2D eigenvalue weighted by molar-refractivity contribution is -0.119. The summed E-state index contributed by atoms with van der Waals surface area (Å²) in [5.74, 6) is 0.803. The maximum atomic E-state index is 12.7. The van der Waals surface area contributed by atoms with E-state index in [0.717, 1.165) is 42.8 Å². The lowest BCUT2D eigenvalue weighted by Crippen LogP contribution is -2.30. The van der Waals surface area contributed by atoms with E-state index in [1.807, 2.05) is 41.5 Å². The molecule has 2 aromatic carbocycles. The molecule has 2 aliphatic rings. The summed E-state index contributed by atoms with van der Waals surface area (Å²) in [6.45, 7) is 3.14. The molecule has 0 bridgehead atoms. The van der Waals surface area contributed by atoms with Crippen LogP contribution in [-0.4, -0.2) is 29.9 Å². The highest BCUT2D eigenvalue weighted by Gasteiger charge is 2.36. The molecule has 1 aromatic heterocycles. The first-order chi connectivity index (χ1) is 15.1. The lowest BCUT2D eigenvalue weighted by Gasteiger charge is -2.17. The normalized spacial score (nSPS) is 14.9. The van der Waals surface area contributed by atoms with Crippen LogP contribution in [0.4, 0.5) is 10.8 Å². The molecular formula is C24H23N3O3S. The molecule has 0 atom stereocenters. The highest BCUT2D eigenvalue weighted by Crippen LogP contribution is 2.38. The summed E-state index contributed by atoms with van der Waals surface area (Å²) in [6, 6.07) is 13.3. The number of nitrogens with zero attached hydrogens (tertiary/aromatic N) is 2. The summed E-state index contributed by atoms with van der Waals surface area (Å²) < 4.78 is 5.55. The fourth-order valence-corrected chi connectivity index (χ4v) is 4.62. The molecular weight excluding hydrogens is 410 g/mol. The highest BCUT2D eigenvalue weighted by molar-refractivity contribution is 7.14. The molecule has 2 amide bonds. The first-order valence-corrected chi connectivity index (χ1v) is 11.5. The topological polar surface area (TPSA) is 71.5 Å². The van der Waals surface area contributed by atoms with Gasteiger partial charge in [-0.2, -0.15) is 0 Å². The Bertz CT molecular complexity index is 1150. The van der Waals surface area contributed by atoms with Gasteiger partial charge in [0.1, 0.15) is 5.75 Å². The van der Waals surface area contributed by atoms with Crippen molar-refractivity contribution < 1.29 is 14.3 Å². The molecule has 1 N–H and O–H groups in total. The predicted octanol–water partition coefficient (Wildman–Crippen LogP) is 4.76. The number of hydrogen-bond donors (Lipinski definition) is 1. The van der Waals surface area contributed by atoms with E-state index in [2.05, 4.69) is 16.4 Å². The van der Waals surface area contributed by atoms with Gasteiger partial charge in [-0.15, -0.1) is 11.3 Å². The number of nitrogens with one attached hydrogen (secondary N) is 1. The zero-order valence-corrected chi connectivity index (χ0v) is 18.1. The van der Waals surface area contributed by atoms with Crippen LogP contribution >= 0.6 is 11.3 Å². The zero-order chi connectivity index (χ0) is 21.4. The SMILES string of the molecule is CCOc1ccccc1C(=O)Nc1nc(-c2ccc3c(c2)CCN3C(=O)C2CC2)cs1. The van der Waals surface area contributed by atoms with E-state index in [4.69, 9.17) is 4.74 Å². The fraction of sp³-hybridized carbons (Fsp3) is 0.292. The van der Waals surface area contributed by atoms with Gasteiger partial charge in [-0.3, -0.25) is 14.9 Å². The molecule has 31 heavy (non-hydrogen) atoms. The smallest absolute Gasteiger partial charge is 0.261 e. The molecule has 0 saturated heterocycles. The van der Waals surface area contributed by atoms with E-state index in [1.165, 1.54) is 16.9 Å². The largest absolute Gasteiger partial charge is 0.493 e. The number of fused-ring (bicyclic) bond motifs is 1. The Hall–Kier alpha value is -3.19. The summed E-state index contributed by atoms with van der Waals surface area (Å²) in [7, 11) is 0. The minimum Gasteiger partial charge on any atom is -0.493 e. The average molecular weight is 434 g/mol. The fourth-order valence-electron chi connectivity index (χ4n) is 3.90. The molecule has 0 radical (unpaired) electrons. The third-order valence-corrected chi connectivity index (χ3v) is 6.38. The van der Waals surface area contributed by atoms with Crippen LogP contribution in [-0.2, 0) is 11.2 Å². The maximum absolute atomic E-state index is 12.7. The molecule has 1 aliphatic heterocycles. The van der Waals surface area contributed by atoms with Crippen molar-refractivity contribution in [2.24, 2.45) is 5.92 Å². The Morgan fingerprint density at radius 2 is 2.06 bits per heavy atom. The predicted molar refractivity (Wildman–Crippen MR) is 122 cm³/mol. The zero-order valence-electron chi connectivity index (χ0n) is 17.3. The van der Waals surface area contributed by atoms with Crippen molar-refractivity contribution in [1.82, 2.24) is 4.98 Å². The van der Waals surface area contributed by atoms with E-state index in [-0.39, 0.29) is 17.7 Å². The summed E-state index contributed by atoms with van der Waals surface area (Å²) in [5, 5.41) is 5.35. The lowest BCUT2D eigenvalue weighted by atomic mass is 10.1. The summed E-state index contributed by atoms with van der Waals surface area (Å²) in [4.78, 5) is 31.7. The standard InChI is InChI=1S/C24H23N3O3S/c1-2-30-21-6-4-3-5-18(21)22(28)26-24-25-19(14-31-24)16-9-10-20-17(13-16)11-12-27(20)23(29)15-7-8-15/h3-6,9-10,13-15H,2,7-8,11-12H2,1H3,(H,25,26,28). The Kier molecular flexibility index (Phi) is 5.19. The van der Waals surface area contributed by atoms with Gasteiger partial charge >= 0.3 is 0 Å². The molecule has 7 heteroatoms. The number of aromatic nitrogens is 1. The monoisotopic (exact) mass is 433 g/mol. The number of anilines is 2. The van der Waals surface area contributed by atoms with E-state index in [1.54, 1.807) is 12.1 Å². The van der Waals surface area contributed by atoms with Crippen LogP contribution < -0.4 is 15.0 Å². The van der Waals surface area contributed by atoms with Gasteiger partial charge in [0.15, 0.2) is 5.13 Å². The third-order valence-electron chi connectivity index (χ3n) is 5.62. The Labute approximate surface area is 184 Å². The summed E-state index contributed by atoms with van der Waals surface area (Å²) in [6.07, 6.45) is 2.90. The van der Waals surface area contributed by atoms with Crippen molar-refractivity contribution >= 4 is 34.0 Å². The van der Waals surface area contributed by atoms with Gasteiger partial charge in [0.2, 0.25) is 5.91 Å². The molecule has 5 rings (SSSR count). The number of para-hydroxylation sites is 1. The van der Waals surface area contributed by atoms with Gasteiger partial charge in [0.25, 0.3) is 5.91 Å². The van der Waals surface area contributed by atoms with Crippen LogP contribution in [0.5, 0.6) is 5.75 Å². The van der Waals surface area contributed by atoms with Crippen molar-refractivity contribution in [3.05, 3.63) is 59.0 Å². The number of amides is 2. The van der Waals surface area contributed by atoms with Gasteiger partial charge in [0, 0.05) is 29.1 Å². The minimum absolute atomic E-state index is 0.225. The van der Waals surface area contributed by atoms with Gasteiger partial charge in [-0.25, -0.2) is 4.98 Å². The second-order valence-corrected chi connectivity index (χ2v) is 8.64.